The van der Waals surface area contributed by atoms with E-state index >= 15 is 0 Å². The minimum Gasteiger partial charge on any atom is -0.324 e. The first-order valence-corrected chi connectivity index (χ1v) is 8.98. The van der Waals surface area contributed by atoms with Gasteiger partial charge < -0.3 is 5.73 Å². The van der Waals surface area contributed by atoms with Gasteiger partial charge in [-0.25, -0.2) is 0 Å². The second-order valence-electron chi connectivity index (χ2n) is 6.82. The lowest BCUT2D eigenvalue weighted by Gasteiger charge is -2.14. The van der Waals surface area contributed by atoms with Gasteiger partial charge in [-0.05, 0) is 18.3 Å². The van der Waals surface area contributed by atoms with E-state index in [0.29, 0.717) is 0 Å². The quantitative estimate of drug-likeness (QED) is 0.303. The smallest absolute Gasteiger partial charge is 0.0221 e. The van der Waals surface area contributed by atoms with Crippen molar-refractivity contribution >= 4 is 0 Å². The number of hydrogen-bond donors (Lipinski definition) is 1. The molecular weight excluding hydrogens is 242 g/mol. The molecule has 0 aromatic heterocycles. The van der Waals surface area contributed by atoms with E-state index in [1.807, 2.05) is 6.08 Å². The molecule has 0 saturated heterocycles. The molecule has 1 heteroatoms. The fourth-order valence-electron chi connectivity index (χ4n) is 2.84. The lowest BCUT2D eigenvalue weighted by molar-refractivity contribution is 0.392. The van der Waals surface area contributed by atoms with Crippen LogP contribution < -0.4 is 5.73 Å². The van der Waals surface area contributed by atoms with E-state index in [-0.39, 0.29) is 6.04 Å². The zero-order valence-corrected chi connectivity index (χ0v) is 14.4. The molecule has 3 atom stereocenters. The topological polar surface area (TPSA) is 26.0 Å². The minimum atomic E-state index is 0.203. The molecular formula is C19H39N. The summed E-state index contributed by atoms with van der Waals surface area (Å²) in [6.07, 6.45) is 16.8. The summed E-state index contributed by atoms with van der Waals surface area (Å²) in [4.78, 5) is 0. The summed E-state index contributed by atoms with van der Waals surface area (Å²) in [7, 11) is 0. The summed E-state index contributed by atoms with van der Waals surface area (Å²) in [5.74, 6) is 1.82. The Kier molecular flexibility index (Phi) is 13.5. The van der Waals surface area contributed by atoms with E-state index in [2.05, 4.69) is 27.4 Å². The van der Waals surface area contributed by atoms with E-state index < -0.39 is 0 Å². The fourth-order valence-corrected chi connectivity index (χ4v) is 2.84. The van der Waals surface area contributed by atoms with Crippen molar-refractivity contribution in [1.82, 2.24) is 0 Å². The van der Waals surface area contributed by atoms with Gasteiger partial charge in [0, 0.05) is 6.04 Å². The van der Waals surface area contributed by atoms with Crippen LogP contribution in [0.1, 0.15) is 91.4 Å². The highest BCUT2D eigenvalue weighted by Crippen LogP contribution is 2.21. The average Bonchev–Trinajstić information content (AvgIpc) is 2.43. The predicted molar refractivity (Wildman–Crippen MR) is 93.0 cm³/mol. The van der Waals surface area contributed by atoms with Crippen LogP contribution in [0.4, 0.5) is 0 Å². The molecule has 0 aliphatic heterocycles. The van der Waals surface area contributed by atoms with Crippen LogP contribution in [0.3, 0.4) is 0 Å². The van der Waals surface area contributed by atoms with E-state index in [9.17, 15) is 0 Å². The molecule has 2 N–H and O–H groups in total. The highest BCUT2D eigenvalue weighted by molar-refractivity contribution is 4.81. The van der Waals surface area contributed by atoms with Gasteiger partial charge in [-0.15, -0.1) is 6.58 Å². The highest BCUT2D eigenvalue weighted by atomic mass is 14.6. The molecule has 0 saturated carbocycles. The van der Waals surface area contributed by atoms with E-state index in [1.165, 1.54) is 64.2 Å². The van der Waals surface area contributed by atoms with Gasteiger partial charge in [-0.3, -0.25) is 0 Å². The normalized spacial score (nSPS) is 15.8. The molecule has 0 aromatic carbocycles. The van der Waals surface area contributed by atoms with Gasteiger partial charge in [-0.2, -0.15) is 0 Å². The van der Waals surface area contributed by atoms with Crippen molar-refractivity contribution in [2.75, 3.05) is 0 Å². The SMILES string of the molecule is C=CC(N)CCCCC(C)CCCC(C)CCCCC. The lowest BCUT2D eigenvalue weighted by Crippen LogP contribution is -2.15. The van der Waals surface area contributed by atoms with Gasteiger partial charge in [0.2, 0.25) is 0 Å². The summed E-state index contributed by atoms with van der Waals surface area (Å²) in [5, 5.41) is 0. The van der Waals surface area contributed by atoms with E-state index in [4.69, 9.17) is 5.73 Å². The van der Waals surface area contributed by atoms with Crippen LogP contribution in [0.5, 0.6) is 0 Å². The molecule has 1 nitrogen and oxygen atoms in total. The van der Waals surface area contributed by atoms with Gasteiger partial charge >= 0.3 is 0 Å². The summed E-state index contributed by atoms with van der Waals surface area (Å²) in [6.45, 7) is 10.9. The third kappa shape index (κ3) is 12.7. The molecule has 120 valence electrons. The Labute approximate surface area is 128 Å². The molecule has 20 heavy (non-hydrogen) atoms. The Hall–Kier alpha value is -0.300. The standard InChI is InChI=1S/C19H39N/c1-5-7-8-12-17(3)14-11-15-18(4)13-9-10-16-19(20)6-2/h6,17-19H,2,5,7-16,20H2,1,3-4H3. The molecule has 3 unspecified atom stereocenters. The highest BCUT2D eigenvalue weighted by Gasteiger charge is 2.06. The average molecular weight is 282 g/mol. The summed E-state index contributed by atoms with van der Waals surface area (Å²) in [6, 6.07) is 0.203. The molecule has 0 amide bonds. The maximum Gasteiger partial charge on any atom is 0.0221 e. The molecule has 0 heterocycles. The number of rotatable bonds is 14. The third-order valence-electron chi connectivity index (χ3n) is 4.48. The first-order valence-electron chi connectivity index (χ1n) is 8.98. The summed E-state index contributed by atoms with van der Waals surface area (Å²) < 4.78 is 0. The van der Waals surface area contributed by atoms with Gasteiger partial charge in [0.1, 0.15) is 0 Å². The van der Waals surface area contributed by atoms with Gasteiger partial charge in [0.25, 0.3) is 0 Å². The lowest BCUT2D eigenvalue weighted by atomic mass is 9.92. The van der Waals surface area contributed by atoms with Crippen molar-refractivity contribution in [1.29, 1.82) is 0 Å². The zero-order chi connectivity index (χ0) is 15.2. The molecule has 0 fully saturated rings. The van der Waals surface area contributed by atoms with Crippen molar-refractivity contribution in [3.8, 4) is 0 Å². The Morgan fingerprint density at radius 3 is 1.75 bits per heavy atom. The first-order chi connectivity index (χ1) is 9.60. The van der Waals surface area contributed by atoms with Crippen LogP contribution in [0, 0.1) is 11.8 Å². The van der Waals surface area contributed by atoms with Crippen LogP contribution in [0.2, 0.25) is 0 Å². The predicted octanol–water partition coefficient (Wildman–Crippen LogP) is 6.08. The van der Waals surface area contributed by atoms with Crippen LogP contribution in [-0.4, -0.2) is 6.04 Å². The molecule has 0 aliphatic rings. The number of hydrogen-bond acceptors (Lipinski definition) is 1. The van der Waals surface area contributed by atoms with Gasteiger partial charge in [0.05, 0.1) is 0 Å². The fraction of sp³-hybridized carbons (Fsp3) is 0.895. The Balaban J connectivity index is 3.39. The number of unbranched alkanes of at least 4 members (excludes halogenated alkanes) is 3. The van der Waals surface area contributed by atoms with Crippen molar-refractivity contribution in [3.63, 3.8) is 0 Å². The summed E-state index contributed by atoms with van der Waals surface area (Å²) >= 11 is 0. The van der Waals surface area contributed by atoms with E-state index in [0.717, 1.165) is 18.3 Å². The molecule has 0 bridgehead atoms. The van der Waals surface area contributed by atoms with Crippen molar-refractivity contribution < 1.29 is 0 Å². The van der Waals surface area contributed by atoms with Crippen molar-refractivity contribution in [2.24, 2.45) is 17.6 Å². The van der Waals surface area contributed by atoms with Crippen LogP contribution in [0.25, 0.3) is 0 Å². The van der Waals surface area contributed by atoms with Gasteiger partial charge in [0.15, 0.2) is 0 Å². The molecule has 0 aromatic rings. The summed E-state index contributed by atoms with van der Waals surface area (Å²) in [5.41, 5.74) is 5.84. The molecule has 0 aliphatic carbocycles. The van der Waals surface area contributed by atoms with Crippen molar-refractivity contribution in [2.45, 2.75) is 97.4 Å². The first kappa shape index (κ1) is 19.7. The molecule has 0 radical (unpaired) electrons. The van der Waals surface area contributed by atoms with Crippen LogP contribution in [-0.2, 0) is 0 Å². The maximum atomic E-state index is 5.84. The van der Waals surface area contributed by atoms with E-state index in [1.54, 1.807) is 0 Å². The van der Waals surface area contributed by atoms with Crippen molar-refractivity contribution in [3.05, 3.63) is 12.7 Å². The Morgan fingerprint density at radius 2 is 1.25 bits per heavy atom. The van der Waals surface area contributed by atoms with Crippen LogP contribution in [0.15, 0.2) is 12.7 Å². The van der Waals surface area contributed by atoms with Crippen LogP contribution >= 0.6 is 0 Å². The monoisotopic (exact) mass is 281 g/mol. The zero-order valence-electron chi connectivity index (χ0n) is 14.4. The largest absolute Gasteiger partial charge is 0.324 e. The molecule has 0 rings (SSSR count). The Bertz CT molecular complexity index is 212. The number of nitrogens with two attached hydrogens (primary N) is 1. The third-order valence-corrected chi connectivity index (χ3v) is 4.48. The maximum absolute atomic E-state index is 5.84. The second-order valence-corrected chi connectivity index (χ2v) is 6.82. The Morgan fingerprint density at radius 1 is 0.800 bits per heavy atom. The molecule has 0 spiro atoms. The second kappa shape index (κ2) is 13.7. The van der Waals surface area contributed by atoms with Gasteiger partial charge in [-0.1, -0.05) is 91.1 Å². The minimum absolute atomic E-state index is 0.203.